The van der Waals surface area contributed by atoms with Crippen LogP contribution in [0, 0.1) is 0 Å². The zero-order valence-electron chi connectivity index (χ0n) is 16.6. The highest BCUT2D eigenvalue weighted by Gasteiger charge is 2.18. The summed E-state index contributed by atoms with van der Waals surface area (Å²) in [6.07, 6.45) is 0.660. The van der Waals surface area contributed by atoms with Crippen molar-refractivity contribution in [3.8, 4) is 5.75 Å². The van der Waals surface area contributed by atoms with E-state index in [-0.39, 0.29) is 5.92 Å². The van der Waals surface area contributed by atoms with E-state index < -0.39 is 11.8 Å². The molecule has 30 heavy (non-hydrogen) atoms. The quantitative estimate of drug-likeness (QED) is 0.546. The van der Waals surface area contributed by atoms with Gasteiger partial charge in [0.25, 0.3) is 0 Å². The average Bonchev–Trinajstić information content (AvgIpc) is 2.78. The Morgan fingerprint density at radius 3 is 2.07 bits per heavy atom. The van der Waals surface area contributed by atoms with E-state index in [1.807, 2.05) is 36.4 Å². The summed E-state index contributed by atoms with van der Waals surface area (Å²) >= 11 is 5.96. The van der Waals surface area contributed by atoms with Gasteiger partial charge >= 0.3 is 11.8 Å². The number of benzene rings is 3. The van der Waals surface area contributed by atoms with Crippen LogP contribution in [-0.2, 0) is 9.59 Å². The number of hydrogen-bond donors (Lipinski definition) is 2. The van der Waals surface area contributed by atoms with Crippen molar-refractivity contribution >= 4 is 29.1 Å². The molecule has 0 aromatic heterocycles. The highest BCUT2D eigenvalue weighted by Crippen LogP contribution is 2.28. The van der Waals surface area contributed by atoms with E-state index in [0.717, 1.165) is 11.1 Å². The van der Waals surface area contributed by atoms with Crippen LogP contribution in [0.15, 0.2) is 78.9 Å². The summed E-state index contributed by atoms with van der Waals surface area (Å²) in [4.78, 5) is 24.6. The van der Waals surface area contributed by atoms with Crippen LogP contribution in [0.2, 0.25) is 5.02 Å². The lowest BCUT2D eigenvalue weighted by Gasteiger charge is -2.18. The Bertz CT molecular complexity index is 954. The number of carbonyl (C=O) groups is 2. The minimum atomic E-state index is -0.772. The van der Waals surface area contributed by atoms with Crippen molar-refractivity contribution < 1.29 is 14.3 Å². The minimum Gasteiger partial charge on any atom is -0.495 e. The summed E-state index contributed by atoms with van der Waals surface area (Å²) in [6, 6.07) is 25.0. The summed E-state index contributed by atoms with van der Waals surface area (Å²) in [5.41, 5.74) is 2.66. The minimum absolute atomic E-state index is 0.115. The predicted molar refractivity (Wildman–Crippen MR) is 119 cm³/mol. The molecule has 5 nitrogen and oxygen atoms in total. The fourth-order valence-corrected chi connectivity index (χ4v) is 3.44. The number of anilines is 1. The van der Waals surface area contributed by atoms with Gasteiger partial charge in [-0.05, 0) is 35.7 Å². The van der Waals surface area contributed by atoms with Crippen molar-refractivity contribution in [2.24, 2.45) is 0 Å². The number of hydrogen-bond acceptors (Lipinski definition) is 3. The number of carbonyl (C=O) groups excluding carboxylic acids is 2. The van der Waals surface area contributed by atoms with Crippen molar-refractivity contribution in [2.45, 2.75) is 12.3 Å². The van der Waals surface area contributed by atoms with Gasteiger partial charge in [0.15, 0.2) is 0 Å². The third-order valence-corrected chi connectivity index (χ3v) is 4.97. The molecule has 0 spiro atoms. The van der Waals surface area contributed by atoms with E-state index in [1.54, 1.807) is 12.1 Å². The molecule has 0 radical (unpaired) electrons. The Morgan fingerprint density at radius 2 is 1.50 bits per heavy atom. The molecule has 0 aliphatic heterocycles. The fraction of sp³-hybridized carbons (Fsp3) is 0.167. The number of halogens is 1. The summed E-state index contributed by atoms with van der Waals surface area (Å²) in [5.74, 6) is -0.944. The van der Waals surface area contributed by atoms with Gasteiger partial charge in [-0.15, -0.1) is 0 Å². The van der Waals surface area contributed by atoms with E-state index in [2.05, 4.69) is 34.9 Å². The summed E-state index contributed by atoms with van der Waals surface area (Å²) in [5, 5.41) is 5.67. The van der Waals surface area contributed by atoms with Gasteiger partial charge in [0.2, 0.25) is 0 Å². The molecule has 2 N–H and O–H groups in total. The van der Waals surface area contributed by atoms with Gasteiger partial charge in [0.05, 0.1) is 12.8 Å². The number of methoxy groups -OCH3 is 1. The van der Waals surface area contributed by atoms with Crippen molar-refractivity contribution in [1.82, 2.24) is 5.32 Å². The van der Waals surface area contributed by atoms with Crippen LogP contribution in [0.1, 0.15) is 23.5 Å². The molecule has 3 aromatic carbocycles. The lowest BCUT2D eigenvalue weighted by Crippen LogP contribution is -2.36. The van der Waals surface area contributed by atoms with Gasteiger partial charge in [-0.3, -0.25) is 9.59 Å². The summed E-state index contributed by atoms with van der Waals surface area (Å²) < 4.78 is 5.19. The second-order valence-electron chi connectivity index (χ2n) is 6.72. The lowest BCUT2D eigenvalue weighted by molar-refractivity contribution is -0.136. The number of amides is 2. The third kappa shape index (κ3) is 5.61. The van der Waals surface area contributed by atoms with Crippen LogP contribution < -0.4 is 15.4 Å². The highest BCUT2D eigenvalue weighted by atomic mass is 35.5. The fourth-order valence-electron chi connectivity index (χ4n) is 3.26. The first-order valence-corrected chi connectivity index (χ1v) is 9.99. The van der Waals surface area contributed by atoms with E-state index >= 15 is 0 Å². The maximum absolute atomic E-state index is 12.3. The first-order chi connectivity index (χ1) is 14.6. The molecule has 0 saturated carbocycles. The SMILES string of the molecule is COc1ccc(Cl)cc1NC(=O)C(=O)NCCC(c1ccccc1)c1ccccc1. The molecule has 3 aromatic rings. The average molecular weight is 423 g/mol. The molecule has 2 amide bonds. The molecule has 0 atom stereocenters. The van der Waals surface area contributed by atoms with Crippen LogP contribution in [0.4, 0.5) is 5.69 Å². The molecule has 0 heterocycles. The predicted octanol–water partition coefficient (Wildman–Crippen LogP) is 4.63. The molecule has 0 aliphatic rings. The molecular formula is C24H23ClN2O3. The largest absolute Gasteiger partial charge is 0.495 e. The van der Waals surface area contributed by atoms with Gasteiger partial charge in [-0.25, -0.2) is 0 Å². The third-order valence-electron chi connectivity index (χ3n) is 4.74. The molecule has 3 rings (SSSR count). The van der Waals surface area contributed by atoms with E-state index in [4.69, 9.17) is 16.3 Å². The topological polar surface area (TPSA) is 67.4 Å². The van der Waals surface area contributed by atoms with E-state index in [0.29, 0.717) is 29.4 Å². The molecule has 154 valence electrons. The van der Waals surface area contributed by atoms with Crippen molar-refractivity contribution in [2.75, 3.05) is 19.0 Å². The molecule has 0 aliphatic carbocycles. The van der Waals surface area contributed by atoms with Crippen LogP contribution in [-0.4, -0.2) is 25.5 Å². The van der Waals surface area contributed by atoms with Crippen LogP contribution in [0.25, 0.3) is 0 Å². The lowest BCUT2D eigenvalue weighted by atomic mass is 9.88. The zero-order valence-corrected chi connectivity index (χ0v) is 17.4. The van der Waals surface area contributed by atoms with Crippen molar-refractivity contribution in [3.05, 3.63) is 95.0 Å². The second-order valence-corrected chi connectivity index (χ2v) is 7.15. The Hall–Kier alpha value is -3.31. The number of ether oxygens (including phenoxy) is 1. The first kappa shape index (κ1) is 21.4. The maximum atomic E-state index is 12.3. The monoisotopic (exact) mass is 422 g/mol. The van der Waals surface area contributed by atoms with E-state index in [9.17, 15) is 9.59 Å². The zero-order chi connectivity index (χ0) is 21.3. The van der Waals surface area contributed by atoms with Gasteiger partial charge in [-0.1, -0.05) is 72.3 Å². The van der Waals surface area contributed by atoms with Crippen molar-refractivity contribution in [1.29, 1.82) is 0 Å². The number of rotatable bonds is 7. The van der Waals surface area contributed by atoms with Crippen LogP contribution in [0.3, 0.4) is 0 Å². The highest BCUT2D eigenvalue weighted by molar-refractivity contribution is 6.40. The van der Waals surface area contributed by atoms with Crippen molar-refractivity contribution in [3.63, 3.8) is 0 Å². The summed E-state index contributed by atoms with van der Waals surface area (Å²) in [7, 11) is 1.48. The van der Waals surface area contributed by atoms with Gasteiger partial charge in [0.1, 0.15) is 5.75 Å². The molecule has 0 saturated heterocycles. The molecule has 0 unspecified atom stereocenters. The Morgan fingerprint density at radius 1 is 0.900 bits per heavy atom. The number of nitrogens with one attached hydrogen (secondary N) is 2. The molecule has 6 heteroatoms. The summed E-state index contributed by atoms with van der Waals surface area (Å²) in [6.45, 7) is 0.355. The smallest absolute Gasteiger partial charge is 0.313 e. The standard InChI is InChI=1S/C24H23ClN2O3/c1-30-22-13-12-19(25)16-21(22)27-24(29)23(28)26-15-14-20(17-8-4-2-5-9-17)18-10-6-3-7-11-18/h2-13,16,20H,14-15H2,1H3,(H,26,28)(H,27,29). The Balaban J connectivity index is 1.62. The van der Waals surface area contributed by atoms with Gasteiger partial charge in [-0.2, -0.15) is 0 Å². The van der Waals surface area contributed by atoms with Crippen LogP contribution >= 0.6 is 11.6 Å². The molecular weight excluding hydrogens is 400 g/mol. The molecule has 0 bridgehead atoms. The normalized spacial score (nSPS) is 10.5. The maximum Gasteiger partial charge on any atom is 0.313 e. The van der Waals surface area contributed by atoms with Gasteiger partial charge in [0, 0.05) is 17.5 Å². The molecule has 0 fully saturated rings. The second kappa shape index (κ2) is 10.5. The van der Waals surface area contributed by atoms with Gasteiger partial charge < -0.3 is 15.4 Å². The van der Waals surface area contributed by atoms with Crippen LogP contribution in [0.5, 0.6) is 5.75 Å². The Kier molecular flexibility index (Phi) is 7.46. The Labute approximate surface area is 181 Å². The first-order valence-electron chi connectivity index (χ1n) is 9.61. The van der Waals surface area contributed by atoms with E-state index in [1.165, 1.54) is 13.2 Å².